The Morgan fingerprint density at radius 1 is 1.47 bits per heavy atom. The summed E-state index contributed by atoms with van der Waals surface area (Å²) in [7, 11) is 0. The average molecular weight is 284 g/mol. The van der Waals surface area contributed by atoms with Crippen molar-refractivity contribution < 1.29 is 19.4 Å². The van der Waals surface area contributed by atoms with E-state index in [1.165, 1.54) is 0 Å². The van der Waals surface area contributed by atoms with Gasteiger partial charge in [0.1, 0.15) is 5.75 Å². The van der Waals surface area contributed by atoms with Gasteiger partial charge in [0.25, 0.3) is 0 Å². The Balaban J connectivity index is 1.98. The van der Waals surface area contributed by atoms with Gasteiger partial charge < -0.3 is 15.2 Å². The molecule has 0 radical (unpaired) electrons. The van der Waals surface area contributed by atoms with E-state index < -0.39 is 17.8 Å². The summed E-state index contributed by atoms with van der Waals surface area (Å²) in [6, 6.07) is 4.93. The molecule has 1 aliphatic carbocycles. The highest BCUT2D eigenvalue weighted by Crippen LogP contribution is 2.39. The van der Waals surface area contributed by atoms with Crippen LogP contribution in [0.2, 0.25) is 5.02 Å². The van der Waals surface area contributed by atoms with E-state index >= 15 is 0 Å². The standard InChI is InChI=1S/C13H14ClNO4/c1-2-19-11-4-3-7(5-10(11)14)15-12(16)8-6-9(8)13(17)18/h3-5,8-9H,2,6H2,1H3,(H,15,16)(H,17,18)/t8-,9+/m1/s1. The molecule has 5 nitrogen and oxygen atoms in total. The topological polar surface area (TPSA) is 75.6 Å². The quantitative estimate of drug-likeness (QED) is 0.870. The largest absolute Gasteiger partial charge is 0.492 e. The molecule has 1 aromatic carbocycles. The predicted molar refractivity (Wildman–Crippen MR) is 70.5 cm³/mol. The van der Waals surface area contributed by atoms with E-state index in [4.69, 9.17) is 21.4 Å². The highest BCUT2D eigenvalue weighted by Gasteiger charge is 2.48. The van der Waals surface area contributed by atoms with Gasteiger partial charge in [-0.3, -0.25) is 9.59 Å². The Kier molecular flexibility index (Phi) is 3.95. The van der Waals surface area contributed by atoms with Crippen LogP contribution in [0.25, 0.3) is 0 Å². The molecule has 1 amide bonds. The van der Waals surface area contributed by atoms with Crippen LogP contribution in [0.3, 0.4) is 0 Å². The summed E-state index contributed by atoms with van der Waals surface area (Å²) in [6.45, 7) is 2.36. The SMILES string of the molecule is CCOc1ccc(NC(=O)[C@@H]2C[C@@H]2C(=O)O)cc1Cl. The molecule has 6 heteroatoms. The lowest BCUT2D eigenvalue weighted by molar-refractivity contribution is -0.139. The van der Waals surface area contributed by atoms with E-state index in [2.05, 4.69) is 5.32 Å². The minimum Gasteiger partial charge on any atom is -0.492 e. The van der Waals surface area contributed by atoms with Gasteiger partial charge >= 0.3 is 5.97 Å². The number of aliphatic carboxylic acids is 1. The number of rotatable bonds is 5. The first-order chi connectivity index (χ1) is 9.02. The Bertz CT molecular complexity index is 517. The lowest BCUT2D eigenvalue weighted by atomic mass is 10.2. The molecule has 0 aromatic heterocycles. The van der Waals surface area contributed by atoms with Gasteiger partial charge in [-0.15, -0.1) is 0 Å². The number of nitrogens with one attached hydrogen (secondary N) is 1. The van der Waals surface area contributed by atoms with Gasteiger partial charge in [0, 0.05) is 5.69 Å². The number of amides is 1. The molecule has 2 atom stereocenters. The highest BCUT2D eigenvalue weighted by atomic mass is 35.5. The summed E-state index contributed by atoms with van der Waals surface area (Å²) in [5, 5.41) is 11.8. The normalized spacial score (nSPS) is 20.7. The molecular weight excluding hydrogens is 270 g/mol. The fourth-order valence-corrected chi connectivity index (χ4v) is 2.08. The molecule has 2 rings (SSSR count). The number of carbonyl (C=O) groups excluding carboxylic acids is 1. The molecule has 2 N–H and O–H groups in total. The Morgan fingerprint density at radius 2 is 2.21 bits per heavy atom. The van der Waals surface area contributed by atoms with Crippen molar-refractivity contribution in [1.29, 1.82) is 0 Å². The highest BCUT2D eigenvalue weighted by molar-refractivity contribution is 6.32. The maximum atomic E-state index is 11.8. The second-order valence-corrected chi connectivity index (χ2v) is 4.76. The first kappa shape index (κ1) is 13.7. The fourth-order valence-electron chi connectivity index (χ4n) is 1.84. The van der Waals surface area contributed by atoms with E-state index in [9.17, 15) is 9.59 Å². The molecule has 0 aliphatic heterocycles. The summed E-state index contributed by atoms with van der Waals surface area (Å²) >= 11 is 6.00. The number of hydrogen-bond acceptors (Lipinski definition) is 3. The zero-order chi connectivity index (χ0) is 14.0. The summed E-state index contributed by atoms with van der Waals surface area (Å²) in [5.74, 6) is -1.66. The van der Waals surface area contributed by atoms with E-state index in [-0.39, 0.29) is 5.91 Å². The van der Waals surface area contributed by atoms with E-state index in [1.54, 1.807) is 18.2 Å². The van der Waals surface area contributed by atoms with Gasteiger partial charge in [0.05, 0.1) is 23.5 Å². The first-order valence-electron chi connectivity index (χ1n) is 5.99. The third-order valence-corrected chi connectivity index (χ3v) is 3.24. The van der Waals surface area contributed by atoms with Crippen LogP contribution in [0, 0.1) is 11.8 Å². The van der Waals surface area contributed by atoms with Gasteiger partial charge in [0.2, 0.25) is 5.91 Å². The fraction of sp³-hybridized carbons (Fsp3) is 0.385. The summed E-state index contributed by atoms with van der Waals surface area (Å²) in [5.41, 5.74) is 0.537. The number of benzene rings is 1. The summed E-state index contributed by atoms with van der Waals surface area (Å²) in [4.78, 5) is 22.4. The second kappa shape index (κ2) is 5.48. The van der Waals surface area contributed by atoms with Crippen LogP contribution in [-0.4, -0.2) is 23.6 Å². The van der Waals surface area contributed by atoms with Crippen LogP contribution in [0.1, 0.15) is 13.3 Å². The van der Waals surface area contributed by atoms with Gasteiger partial charge in [-0.1, -0.05) is 11.6 Å². The Hall–Kier alpha value is -1.75. The van der Waals surface area contributed by atoms with Gasteiger partial charge in [0.15, 0.2) is 0 Å². The Labute approximate surface area is 115 Å². The third-order valence-electron chi connectivity index (χ3n) is 2.94. The zero-order valence-electron chi connectivity index (χ0n) is 10.4. The van der Waals surface area contributed by atoms with Crippen molar-refractivity contribution in [3.05, 3.63) is 23.2 Å². The van der Waals surface area contributed by atoms with Crippen molar-refractivity contribution in [3.63, 3.8) is 0 Å². The number of anilines is 1. The second-order valence-electron chi connectivity index (χ2n) is 4.35. The number of carbonyl (C=O) groups is 2. The molecule has 1 saturated carbocycles. The summed E-state index contributed by atoms with van der Waals surface area (Å²) < 4.78 is 5.28. The summed E-state index contributed by atoms with van der Waals surface area (Å²) in [6.07, 6.45) is 0.395. The number of carboxylic acids is 1. The van der Waals surface area contributed by atoms with Crippen LogP contribution >= 0.6 is 11.6 Å². The smallest absolute Gasteiger partial charge is 0.307 e. The molecule has 0 bridgehead atoms. The van der Waals surface area contributed by atoms with E-state index in [0.717, 1.165) is 0 Å². The number of halogens is 1. The maximum absolute atomic E-state index is 11.8. The van der Waals surface area contributed by atoms with Crippen molar-refractivity contribution in [2.24, 2.45) is 11.8 Å². The molecule has 0 spiro atoms. The maximum Gasteiger partial charge on any atom is 0.307 e. The zero-order valence-corrected chi connectivity index (χ0v) is 11.1. The molecule has 1 fully saturated rings. The lowest BCUT2D eigenvalue weighted by Crippen LogP contribution is -2.16. The third kappa shape index (κ3) is 3.17. The van der Waals surface area contributed by atoms with Crippen LogP contribution in [0.4, 0.5) is 5.69 Å². The van der Waals surface area contributed by atoms with Gasteiger partial charge in [-0.2, -0.15) is 0 Å². The molecule has 102 valence electrons. The monoisotopic (exact) mass is 283 g/mol. The molecule has 0 heterocycles. The Morgan fingerprint density at radius 3 is 2.74 bits per heavy atom. The van der Waals surface area contributed by atoms with Crippen LogP contribution in [0.5, 0.6) is 5.75 Å². The molecular formula is C13H14ClNO4. The number of ether oxygens (including phenoxy) is 1. The predicted octanol–water partition coefficient (Wildman–Crippen LogP) is 2.40. The first-order valence-corrected chi connectivity index (χ1v) is 6.36. The molecule has 1 aromatic rings. The van der Waals surface area contributed by atoms with Crippen molar-refractivity contribution >= 4 is 29.2 Å². The number of hydrogen-bond donors (Lipinski definition) is 2. The average Bonchev–Trinajstić information content (AvgIpc) is 3.13. The van der Waals surface area contributed by atoms with Crippen molar-refractivity contribution in [2.45, 2.75) is 13.3 Å². The molecule has 1 aliphatic rings. The molecule has 19 heavy (non-hydrogen) atoms. The van der Waals surface area contributed by atoms with Crippen LogP contribution in [0.15, 0.2) is 18.2 Å². The van der Waals surface area contributed by atoms with Crippen LogP contribution in [-0.2, 0) is 9.59 Å². The van der Waals surface area contributed by atoms with Crippen molar-refractivity contribution in [2.75, 3.05) is 11.9 Å². The minimum absolute atomic E-state index is 0.285. The minimum atomic E-state index is -0.926. The van der Waals surface area contributed by atoms with Crippen molar-refractivity contribution in [3.8, 4) is 5.75 Å². The van der Waals surface area contributed by atoms with Gasteiger partial charge in [-0.25, -0.2) is 0 Å². The molecule has 0 saturated heterocycles. The van der Waals surface area contributed by atoms with E-state index in [1.807, 2.05) is 6.92 Å². The van der Waals surface area contributed by atoms with Crippen LogP contribution < -0.4 is 10.1 Å². The number of carboxylic acid groups (broad SMARTS) is 1. The van der Waals surface area contributed by atoms with Crippen molar-refractivity contribution in [1.82, 2.24) is 0 Å². The lowest BCUT2D eigenvalue weighted by Gasteiger charge is -2.08. The van der Waals surface area contributed by atoms with E-state index in [0.29, 0.717) is 29.5 Å². The van der Waals surface area contributed by atoms with Gasteiger partial charge in [-0.05, 0) is 31.5 Å². The molecule has 0 unspecified atom stereocenters.